The number of non-ortho nitro benzene ring substituents is 2. The van der Waals surface area contributed by atoms with Gasteiger partial charge in [0.2, 0.25) is 0 Å². The summed E-state index contributed by atoms with van der Waals surface area (Å²) < 4.78 is 12.4. The fourth-order valence-corrected chi connectivity index (χ4v) is 13.9. The first-order chi connectivity index (χ1) is 16.3. The first-order valence-electron chi connectivity index (χ1n) is 10.1. The Morgan fingerprint density at radius 1 is 0.647 bits per heavy atom. The second kappa shape index (κ2) is 8.99. The number of benzene rings is 4. The Morgan fingerprint density at radius 3 is 1.82 bits per heavy atom. The molecule has 0 saturated heterocycles. The molecule has 34 heavy (non-hydrogen) atoms. The number of rotatable bonds is 2. The van der Waals surface area contributed by atoms with E-state index in [0.29, 0.717) is 11.1 Å². The Hall–Kier alpha value is -2.99. The Balaban J connectivity index is 0.000000142. The number of nitro groups is 2. The van der Waals surface area contributed by atoms with Crippen molar-refractivity contribution in [2.24, 2.45) is 0 Å². The summed E-state index contributed by atoms with van der Waals surface area (Å²) >= 11 is -3.78. The van der Waals surface area contributed by atoms with E-state index in [2.05, 4.69) is 0 Å². The van der Waals surface area contributed by atoms with Crippen molar-refractivity contribution in [1.29, 1.82) is 0 Å². The van der Waals surface area contributed by atoms with Crippen LogP contribution in [0.5, 0.6) is 0 Å². The van der Waals surface area contributed by atoms with Crippen molar-refractivity contribution in [3.05, 3.63) is 92.0 Å². The number of nitrogens with zero attached hydrogens (tertiary/aromatic N) is 2. The first kappa shape index (κ1) is 22.8. The molecule has 0 amide bonds. The summed E-state index contributed by atoms with van der Waals surface area (Å²) in [4.78, 5) is 43.9. The van der Waals surface area contributed by atoms with Gasteiger partial charge in [-0.2, -0.15) is 0 Å². The zero-order valence-electron chi connectivity index (χ0n) is 17.3. The molecule has 12 heteroatoms. The Kier molecular flexibility index (Phi) is 6.02. The summed E-state index contributed by atoms with van der Waals surface area (Å²) in [5, 5.41) is 24.8. The van der Waals surface area contributed by atoms with E-state index in [9.17, 15) is 29.8 Å². The maximum absolute atomic E-state index is 11.7. The zero-order valence-corrected chi connectivity index (χ0v) is 28.3. The van der Waals surface area contributed by atoms with E-state index < -0.39 is 65.9 Å². The Labute approximate surface area is 216 Å². The van der Waals surface area contributed by atoms with Gasteiger partial charge in [0.1, 0.15) is 0 Å². The van der Waals surface area contributed by atoms with Gasteiger partial charge in [0.05, 0.1) is 0 Å². The molecule has 2 aliphatic rings. The van der Waals surface area contributed by atoms with Crippen LogP contribution in [0.15, 0.2) is 60.7 Å². The average Bonchev–Trinajstić information content (AvgIpc) is 2.83. The van der Waals surface area contributed by atoms with Gasteiger partial charge in [-0.15, -0.1) is 0 Å². The van der Waals surface area contributed by atoms with Crippen molar-refractivity contribution in [3.63, 3.8) is 0 Å². The van der Waals surface area contributed by atoms with E-state index in [1.165, 1.54) is 18.2 Å². The predicted molar refractivity (Wildman–Crippen MR) is 111 cm³/mol. The number of nitro benzene ring substituents is 2. The van der Waals surface area contributed by atoms with Crippen LogP contribution < -0.4 is 6.14 Å². The predicted octanol–water partition coefficient (Wildman–Crippen LogP) is 3.08. The van der Waals surface area contributed by atoms with Crippen molar-refractivity contribution in [2.45, 2.75) is 0 Å². The van der Waals surface area contributed by atoms with Crippen LogP contribution >= 0.6 is 0 Å². The van der Waals surface area contributed by atoms with E-state index >= 15 is 0 Å². The van der Waals surface area contributed by atoms with E-state index in [4.69, 9.17) is 5.29 Å². The summed E-state index contributed by atoms with van der Waals surface area (Å²) in [7, 11) is 0. The molecule has 2 aliphatic heterocycles. The normalized spacial score (nSPS) is 12.6. The molecule has 0 spiro atoms. The molecule has 0 saturated carbocycles. The topological polar surface area (TPSA) is 139 Å². The molecule has 0 radical (unpaired) electrons. The van der Waals surface area contributed by atoms with Crippen molar-refractivity contribution in [1.82, 2.24) is 0 Å². The van der Waals surface area contributed by atoms with Crippen LogP contribution in [0, 0.1) is 20.2 Å². The van der Waals surface area contributed by atoms with Gasteiger partial charge >= 0.3 is 218 Å². The van der Waals surface area contributed by atoms with Crippen LogP contribution in [-0.4, -0.2) is 21.8 Å². The van der Waals surface area contributed by atoms with Gasteiger partial charge in [-0.25, -0.2) is 0 Å². The standard InChI is InChI=1S/2C11H6NO4.2Hg/c13-11(14)10-3-1-2-7-6-8(12(15)16)4-5-9(7)10;13-11(14)10-6-8(12(15)16)5-7-3-1-2-4-9(7)10;;/h1-4,6H,(H,13,14);1-3,5-6H,(H,13,14);;/q;;2*+1/p-2. The van der Waals surface area contributed by atoms with Gasteiger partial charge in [0.15, 0.2) is 0 Å². The molecular weight excluding hydrogens is 821 g/mol. The molecule has 0 bridgehead atoms. The third-order valence-electron chi connectivity index (χ3n) is 5.67. The maximum atomic E-state index is 11.7. The van der Waals surface area contributed by atoms with Crippen LogP contribution in [0.1, 0.15) is 20.7 Å². The third kappa shape index (κ3) is 4.05. The monoisotopic (exact) mass is 834 g/mol. The molecule has 0 aromatic heterocycles. The van der Waals surface area contributed by atoms with Gasteiger partial charge in [-0.3, -0.25) is 0 Å². The molecule has 0 unspecified atom stereocenters. The van der Waals surface area contributed by atoms with Crippen LogP contribution in [0.2, 0.25) is 0 Å². The molecule has 0 N–H and O–H groups in total. The third-order valence-corrected chi connectivity index (χ3v) is 15.7. The van der Waals surface area contributed by atoms with Gasteiger partial charge in [-0.1, -0.05) is 0 Å². The summed E-state index contributed by atoms with van der Waals surface area (Å²) in [6.07, 6.45) is 0. The van der Waals surface area contributed by atoms with Crippen molar-refractivity contribution in [3.8, 4) is 0 Å². The summed E-state index contributed by atoms with van der Waals surface area (Å²) in [6, 6.07) is 16.7. The Bertz CT molecular complexity index is 1550. The minimum absolute atomic E-state index is 0.0693. The molecule has 0 atom stereocenters. The molecular formula is C22H10Hg2N2O8. The number of carbonyl (C=O) groups excluding carboxylic acids is 2. The minimum atomic E-state index is -1.98. The van der Waals surface area contributed by atoms with Crippen molar-refractivity contribution in [2.75, 3.05) is 0 Å². The van der Waals surface area contributed by atoms with E-state index in [-0.39, 0.29) is 17.3 Å². The second-order valence-electron chi connectivity index (χ2n) is 7.68. The fourth-order valence-electron chi connectivity index (χ4n) is 4.21. The Morgan fingerprint density at radius 2 is 1.18 bits per heavy atom. The van der Waals surface area contributed by atoms with E-state index in [0.717, 1.165) is 27.7 Å². The molecule has 0 aliphatic carbocycles. The molecule has 10 nitrogen and oxygen atoms in total. The van der Waals surface area contributed by atoms with Crippen LogP contribution in [0.3, 0.4) is 0 Å². The molecule has 2 heterocycles. The van der Waals surface area contributed by atoms with Crippen molar-refractivity contribution < 1.29 is 74.8 Å². The molecule has 160 valence electrons. The fraction of sp³-hybridized carbons (Fsp3) is 0. The number of hydrogen-bond acceptors (Lipinski definition) is 8. The van der Waals surface area contributed by atoms with Gasteiger partial charge < -0.3 is 0 Å². The van der Waals surface area contributed by atoms with Crippen LogP contribution in [-0.2, 0) is 55.4 Å². The number of hydrogen-bond donors (Lipinski definition) is 0. The van der Waals surface area contributed by atoms with Crippen LogP contribution in [0.25, 0.3) is 21.5 Å². The van der Waals surface area contributed by atoms with E-state index in [1.54, 1.807) is 30.3 Å². The quantitative estimate of drug-likeness (QED) is 0.171. The summed E-state index contributed by atoms with van der Waals surface area (Å²) in [5.41, 5.74) is 0.859. The molecule has 4 aromatic carbocycles. The summed E-state index contributed by atoms with van der Waals surface area (Å²) in [5.74, 6) is -0.683. The van der Waals surface area contributed by atoms with Gasteiger partial charge in [0.25, 0.3) is 0 Å². The molecule has 0 fully saturated rings. The van der Waals surface area contributed by atoms with E-state index in [1.807, 2.05) is 12.1 Å². The average molecular weight is 832 g/mol. The van der Waals surface area contributed by atoms with Gasteiger partial charge in [-0.05, 0) is 0 Å². The van der Waals surface area contributed by atoms with Crippen molar-refractivity contribution >= 4 is 51.0 Å². The SMILES string of the molecule is O=C1[O][Hg][c]2cc([N+](=O)[O-])cc3cccc1c23.O=C1[O][Hg][c]2cccc3cc([N+](=O)[O-])cc1c23. The first-order valence-corrected chi connectivity index (χ1v) is 20.1. The zero-order chi connectivity index (χ0) is 24.0. The van der Waals surface area contributed by atoms with Crippen LogP contribution in [0.4, 0.5) is 11.4 Å². The number of carbonyl (C=O) groups is 2. The van der Waals surface area contributed by atoms with Gasteiger partial charge in [0, 0.05) is 0 Å². The molecule has 4 aromatic rings. The second-order valence-corrected chi connectivity index (χ2v) is 18.1. The summed E-state index contributed by atoms with van der Waals surface area (Å²) in [6.45, 7) is 0. The molecule has 6 rings (SSSR count).